The largest absolute Gasteiger partial charge is 0.491 e. The van der Waals surface area contributed by atoms with Crippen molar-refractivity contribution < 1.29 is 34.0 Å². The summed E-state index contributed by atoms with van der Waals surface area (Å²) in [5.74, 6) is 0.677. The summed E-state index contributed by atoms with van der Waals surface area (Å²) in [5, 5.41) is 25.9. The number of amides is 2. The van der Waals surface area contributed by atoms with Crippen LogP contribution in [0.4, 0.5) is 21.0 Å². The van der Waals surface area contributed by atoms with Gasteiger partial charge >= 0.3 is 12.2 Å². The molecular formula is C31H39N3O7. The molecule has 3 aromatic carbocycles. The number of hydrogen-bond acceptors (Lipinski definition) is 8. The third-order valence-corrected chi connectivity index (χ3v) is 6.85. The van der Waals surface area contributed by atoms with Gasteiger partial charge in [-0.05, 0) is 60.9 Å². The minimum atomic E-state index is -1.44. The van der Waals surface area contributed by atoms with Crippen molar-refractivity contribution in [2.45, 2.75) is 31.1 Å². The normalized spacial score (nSPS) is 12.7. The maximum absolute atomic E-state index is 12.2. The summed E-state index contributed by atoms with van der Waals surface area (Å²) in [6.45, 7) is 2.31. The molecule has 0 aromatic heterocycles. The smallest absolute Gasteiger partial charge is 0.413 e. The van der Waals surface area contributed by atoms with Crippen molar-refractivity contribution in [1.82, 2.24) is 5.32 Å². The number of carbonyl (C=O) groups is 2. The Morgan fingerprint density at radius 3 is 1.73 bits per heavy atom. The summed E-state index contributed by atoms with van der Waals surface area (Å²) >= 11 is 0. The molecule has 0 aliphatic heterocycles. The van der Waals surface area contributed by atoms with Gasteiger partial charge in [-0.2, -0.15) is 0 Å². The van der Waals surface area contributed by atoms with Crippen LogP contribution < -0.4 is 19.9 Å². The summed E-state index contributed by atoms with van der Waals surface area (Å²) in [6.07, 6.45) is -1.51. The molecule has 0 fully saturated rings. The van der Waals surface area contributed by atoms with Crippen LogP contribution in [-0.4, -0.2) is 76.0 Å². The Labute approximate surface area is 241 Å². The maximum atomic E-state index is 12.2. The third-order valence-electron chi connectivity index (χ3n) is 6.85. The van der Waals surface area contributed by atoms with Gasteiger partial charge in [-0.3, -0.25) is 9.80 Å². The van der Waals surface area contributed by atoms with E-state index in [1.807, 2.05) is 37.3 Å². The minimum Gasteiger partial charge on any atom is -0.491 e. The molecule has 0 aliphatic rings. The van der Waals surface area contributed by atoms with Gasteiger partial charge < -0.3 is 29.7 Å². The highest BCUT2D eigenvalue weighted by Crippen LogP contribution is 2.36. The molecule has 0 aliphatic carbocycles. The number of carbonyl (C=O) groups excluding carboxylic acids is 2. The number of nitrogens with zero attached hydrogens (tertiary/aromatic N) is 2. The van der Waals surface area contributed by atoms with Gasteiger partial charge in [-0.25, -0.2) is 9.59 Å². The molecule has 220 valence electrons. The van der Waals surface area contributed by atoms with E-state index in [9.17, 15) is 19.8 Å². The highest BCUT2D eigenvalue weighted by Gasteiger charge is 2.34. The number of aliphatic hydroxyl groups is 2. The Balaban J connectivity index is 1.80. The molecule has 3 rings (SSSR count). The minimum absolute atomic E-state index is 0.123. The van der Waals surface area contributed by atoms with Gasteiger partial charge in [0.1, 0.15) is 24.1 Å². The SMILES string of the molecule is COC(=O)N(C)c1ccc(C(O)(CC(C)NC[C@H](O)COc2ccccc2)c2ccc(N(C)C(=O)OC)cc2)cc1. The van der Waals surface area contributed by atoms with Crippen LogP contribution in [0, 0.1) is 0 Å². The highest BCUT2D eigenvalue weighted by atomic mass is 16.5. The van der Waals surface area contributed by atoms with E-state index >= 15 is 0 Å². The Bertz CT molecular complexity index is 1190. The zero-order valence-electron chi connectivity index (χ0n) is 24.1. The van der Waals surface area contributed by atoms with Crippen LogP contribution in [0.2, 0.25) is 0 Å². The lowest BCUT2D eigenvalue weighted by molar-refractivity contribution is 0.0558. The number of benzene rings is 3. The fourth-order valence-corrected chi connectivity index (χ4v) is 4.43. The van der Waals surface area contributed by atoms with Crippen molar-refractivity contribution in [1.29, 1.82) is 0 Å². The van der Waals surface area contributed by atoms with Crippen LogP contribution in [0.3, 0.4) is 0 Å². The molecule has 10 heteroatoms. The Morgan fingerprint density at radius 1 is 0.829 bits per heavy atom. The highest BCUT2D eigenvalue weighted by molar-refractivity contribution is 5.87. The Morgan fingerprint density at radius 2 is 1.29 bits per heavy atom. The maximum Gasteiger partial charge on any atom is 0.413 e. The van der Waals surface area contributed by atoms with Gasteiger partial charge in [-0.15, -0.1) is 0 Å². The van der Waals surface area contributed by atoms with Crippen molar-refractivity contribution in [2.24, 2.45) is 0 Å². The molecule has 0 heterocycles. The van der Waals surface area contributed by atoms with Crippen molar-refractivity contribution >= 4 is 23.6 Å². The van der Waals surface area contributed by atoms with E-state index in [0.717, 1.165) is 0 Å². The molecule has 3 N–H and O–H groups in total. The lowest BCUT2D eigenvalue weighted by Gasteiger charge is -2.33. The monoisotopic (exact) mass is 565 g/mol. The zero-order chi connectivity index (χ0) is 30.0. The van der Waals surface area contributed by atoms with Gasteiger partial charge in [0.25, 0.3) is 0 Å². The summed E-state index contributed by atoms with van der Waals surface area (Å²) in [4.78, 5) is 26.6. The first-order chi connectivity index (χ1) is 19.6. The van der Waals surface area contributed by atoms with Crippen molar-refractivity contribution in [2.75, 3.05) is 51.3 Å². The fraction of sp³-hybridized carbons (Fsp3) is 0.355. The van der Waals surface area contributed by atoms with Crippen LogP contribution in [0.1, 0.15) is 24.5 Å². The van der Waals surface area contributed by atoms with Crippen molar-refractivity contribution in [3.05, 3.63) is 90.0 Å². The summed E-state index contributed by atoms with van der Waals surface area (Å²) in [5.41, 5.74) is 0.977. The average molecular weight is 566 g/mol. The fourth-order valence-electron chi connectivity index (χ4n) is 4.43. The van der Waals surface area contributed by atoms with E-state index in [1.165, 1.54) is 24.0 Å². The Hall–Kier alpha value is -4.12. The third kappa shape index (κ3) is 8.20. The second-order valence-corrected chi connectivity index (χ2v) is 9.80. The first-order valence-corrected chi connectivity index (χ1v) is 13.2. The Kier molecular flexibility index (Phi) is 11.1. The van der Waals surface area contributed by atoms with E-state index in [1.54, 1.807) is 62.6 Å². The van der Waals surface area contributed by atoms with Gasteiger partial charge in [0.05, 0.1) is 14.2 Å². The number of methoxy groups -OCH3 is 2. The summed E-state index contributed by atoms with van der Waals surface area (Å²) < 4.78 is 15.2. The lowest BCUT2D eigenvalue weighted by Crippen LogP contribution is -2.41. The lowest BCUT2D eigenvalue weighted by atomic mass is 9.81. The quantitative estimate of drug-likeness (QED) is 0.300. The van der Waals surface area contributed by atoms with Crippen molar-refractivity contribution in [3.63, 3.8) is 0 Å². The van der Waals surface area contributed by atoms with Crippen LogP contribution in [-0.2, 0) is 15.1 Å². The standard InChI is InChI=1S/C31H39N3O7/c1-22(32-20-27(35)21-41-28-9-7-6-8-10-28)19-31(38,23-11-15-25(16-12-23)33(2)29(36)39-4)24-13-17-26(18-14-24)34(3)30(37)40-5/h6-18,22,27,32,35,38H,19-21H2,1-5H3/t22?,27-/m0/s1. The van der Waals surface area contributed by atoms with E-state index in [-0.39, 0.29) is 25.6 Å². The second kappa shape index (κ2) is 14.5. The first kappa shape index (κ1) is 31.4. The van der Waals surface area contributed by atoms with E-state index < -0.39 is 23.9 Å². The number of anilines is 2. The van der Waals surface area contributed by atoms with Crippen LogP contribution >= 0.6 is 0 Å². The molecule has 10 nitrogen and oxygen atoms in total. The number of rotatable bonds is 12. The van der Waals surface area contributed by atoms with Crippen LogP contribution in [0.25, 0.3) is 0 Å². The second-order valence-electron chi connectivity index (χ2n) is 9.80. The number of aliphatic hydroxyl groups excluding tert-OH is 1. The molecular weight excluding hydrogens is 526 g/mol. The van der Waals surface area contributed by atoms with E-state index in [2.05, 4.69) is 5.32 Å². The molecule has 3 aromatic rings. The molecule has 2 atom stereocenters. The number of hydrogen-bond donors (Lipinski definition) is 3. The number of ether oxygens (including phenoxy) is 3. The van der Waals surface area contributed by atoms with E-state index in [4.69, 9.17) is 14.2 Å². The molecule has 0 spiro atoms. The summed E-state index contributed by atoms with van der Waals surface area (Å²) in [7, 11) is 5.82. The van der Waals surface area contributed by atoms with Gasteiger partial charge in [-0.1, -0.05) is 42.5 Å². The average Bonchev–Trinajstić information content (AvgIpc) is 3.01. The van der Waals surface area contributed by atoms with Gasteiger partial charge in [0.2, 0.25) is 0 Å². The molecule has 0 saturated heterocycles. The van der Waals surface area contributed by atoms with Crippen LogP contribution in [0.5, 0.6) is 5.75 Å². The molecule has 41 heavy (non-hydrogen) atoms. The predicted octanol–water partition coefficient (Wildman–Crippen LogP) is 4.14. The van der Waals surface area contributed by atoms with Crippen LogP contribution in [0.15, 0.2) is 78.9 Å². The summed E-state index contributed by atoms with van der Waals surface area (Å²) in [6, 6.07) is 23.0. The predicted molar refractivity (Wildman–Crippen MR) is 158 cm³/mol. The molecule has 0 radical (unpaired) electrons. The van der Waals surface area contributed by atoms with E-state index in [0.29, 0.717) is 28.3 Å². The van der Waals surface area contributed by atoms with Crippen molar-refractivity contribution in [3.8, 4) is 5.75 Å². The molecule has 0 saturated carbocycles. The van der Waals surface area contributed by atoms with Gasteiger partial charge in [0, 0.05) is 38.1 Å². The first-order valence-electron chi connectivity index (χ1n) is 13.2. The zero-order valence-corrected chi connectivity index (χ0v) is 24.1. The number of para-hydroxylation sites is 1. The topological polar surface area (TPSA) is 121 Å². The molecule has 1 unspecified atom stereocenters. The van der Waals surface area contributed by atoms with Gasteiger partial charge in [0.15, 0.2) is 0 Å². The molecule has 0 bridgehead atoms. The molecule has 2 amide bonds. The number of nitrogens with one attached hydrogen (secondary N) is 1.